The second-order valence-corrected chi connectivity index (χ2v) is 6.13. The van der Waals surface area contributed by atoms with Crippen molar-refractivity contribution in [1.82, 2.24) is 14.9 Å². The van der Waals surface area contributed by atoms with Crippen LogP contribution in [0.3, 0.4) is 0 Å². The molecule has 0 saturated carbocycles. The summed E-state index contributed by atoms with van der Waals surface area (Å²) < 4.78 is 7.84. The highest BCUT2D eigenvalue weighted by Crippen LogP contribution is 2.19. The monoisotopic (exact) mass is 365 g/mol. The fraction of sp³-hybridized carbons (Fsp3) is 0.375. The number of imidazole rings is 1. The van der Waals surface area contributed by atoms with Gasteiger partial charge < -0.3 is 14.6 Å². The van der Waals surface area contributed by atoms with Gasteiger partial charge >= 0.3 is 0 Å². The Balaban J connectivity index is 2.03. The van der Waals surface area contributed by atoms with E-state index in [0.29, 0.717) is 13.1 Å². The van der Waals surface area contributed by atoms with E-state index in [1.165, 1.54) is 7.11 Å². The number of amides is 1. The van der Waals surface area contributed by atoms with Crippen LogP contribution in [-0.2, 0) is 22.5 Å². The molecule has 1 heterocycles. The Morgan fingerprint density at radius 2 is 2.23 bits per heavy atom. The van der Waals surface area contributed by atoms with Crippen molar-refractivity contribution >= 4 is 32.9 Å². The van der Waals surface area contributed by atoms with Crippen LogP contribution in [0.1, 0.15) is 12.2 Å². The molecule has 118 valence electrons. The summed E-state index contributed by atoms with van der Waals surface area (Å²) in [4.78, 5) is 16.0. The molecule has 0 bridgehead atoms. The summed E-state index contributed by atoms with van der Waals surface area (Å²) in [5, 5.41) is 2.82. The van der Waals surface area contributed by atoms with Crippen molar-refractivity contribution in [2.75, 3.05) is 20.3 Å². The zero-order valence-electron chi connectivity index (χ0n) is 12.6. The van der Waals surface area contributed by atoms with Gasteiger partial charge in [0.05, 0.1) is 17.6 Å². The molecule has 0 radical (unpaired) electrons. The van der Waals surface area contributed by atoms with E-state index in [9.17, 15) is 4.79 Å². The van der Waals surface area contributed by atoms with Crippen LogP contribution in [0.15, 0.2) is 35.3 Å². The van der Waals surface area contributed by atoms with Crippen LogP contribution in [0.4, 0.5) is 0 Å². The minimum absolute atomic E-state index is 0.0927. The lowest BCUT2D eigenvalue weighted by Crippen LogP contribution is -2.28. The average molecular weight is 366 g/mol. The summed E-state index contributed by atoms with van der Waals surface area (Å²) in [6.45, 7) is 5.31. The van der Waals surface area contributed by atoms with Gasteiger partial charge in [-0.3, -0.25) is 4.79 Å². The van der Waals surface area contributed by atoms with Crippen molar-refractivity contribution in [3.63, 3.8) is 0 Å². The van der Waals surface area contributed by atoms with Crippen molar-refractivity contribution in [1.29, 1.82) is 0 Å². The number of nitrogens with zero attached hydrogens (tertiary/aromatic N) is 2. The Morgan fingerprint density at radius 3 is 2.95 bits per heavy atom. The maximum Gasteiger partial charge on any atom is 0.245 e. The van der Waals surface area contributed by atoms with Gasteiger partial charge in [0.2, 0.25) is 5.91 Å². The standard InChI is InChI=1S/C16H20BrN3O2/c1-12(17)10-20-14-7-4-3-6-13(14)19-15(20)8-5-9-18-16(21)11-22-2/h3-4,6-7H,1,5,8-11H2,2H3,(H,18,21). The quantitative estimate of drug-likeness (QED) is 0.731. The first-order chi connectivity index (χ1) is 10.6. The van der Waals surface area contributed by atoms with Gasteiger partial charge in [-0.1, -0.05) is 34.6 Å². The first kappa shape index (κ1) is 16.7. The number of benzene rings is 1. The molecule has 2 rings (SSSR count). The minimum Gasteiger partial charge on any atom is -0.375 e. The molecule has 0 aliphatic rings. The highest BCUT2D eigenvalue weighted by molar-refractivity contribution is 9.11. The van der Waals surface area contributed by atoms with Crippen LogP contribution in [-0.4, -0.2) is 35.7 Å². The van der Waals surface area contributed by atoms with Crippen LogP contribution in [0.25, 0.3) is 11.0 Å². The first-order valence-corrected chi connectivity index (χ1v) is 7.94. The normalized spacial score (nSPS) is 10.8. The van der Waals surface area contributed by atoms with Crippen LogP contribution >= 0.6 is 15.9 Å². The van der Waals surface area contributed by atoms with Crippen molar-refractivity contribution in [2.24, 2.45) is 0 Å². The lowest BCUT2D eigenvalue weighted by Gasteiger charge is -2.09. The van der Waals surface area contributed by atoms with E-state index in [1.807, 2.05) is 18.2 Å². The van der Waals surface area contributed by atoms with E-state index in [0.717, 1.165) is 34.2 Å². The Bertz CT molecular complexity index is 666. The van der Waals surface area contributed by atoms with Crippen LogP contribution in [0.2, 0.25) is 0 Å². The number of nitrogens with one attached hydrogen (secondary N) is 1. The second kappa shape index (κ2) is 8.10. The fourth-order valence-corrected chi connectivity index (χ4v) is 2.57. The minimum atomic E-state index is -0.0927. The van der Waals surface area contributed by atoms with Gasteiger partial charge in [0, 0.05) is 24.6 Å². The maximum atomic E-state index is 11.3. The van der Waals surface area contributed by atoms with E-state index in [2.05, 4.69) is 43.4 Å². The van der Waals surface area contributed by atoms with Crippen molar-refractivity contribution in [3.8, 4) is 0 Å². The van der Waals surface area contributed by atoms with Crippen molar-refractivity contribution < 1.29 is 9.53 Å². The summed E-state index contributed by atoms with van der Waals surface area (Å²) in [6, 6.07) is 8.05. The van der Waals surface area contributed by atoms with Gasteiger partial charge in [-0.25, -0.2) is 4.98 Å². The third-order valence-corrected chi connectivity index (χ3v) is 3.49. The molecule has 0 aliphatic heterocycles. The molecule has 0 spiro atoms. The van der Waals surface area contributed by atoms with E-state index in [4.69, 9.17) is 4.74 Å². The maximum absolute atomic E-state index is 11.3. The topological polar surface area (TPSA) is 56.2 Å². The van der Waals surface area contributed by atoms with E-state index < -0.39 is 0 Å². The van der Waals surface area contributed by atoms with Crippen molar-refractivity contribution in [3.05, 3.63) is 41.2 Å². The van der Waals surface area contributed by atoms with Crippen LogP contribution < -0.4 is 5.32 Å². The number of methoxy groups -OCH3 is 1. The van der Waals surface area contributed by atoms with E-state index in [1.54, 1.807) is 0 Å². The van der Waals surface area contributed by atoms with Gasteiger partial charge in [0.25, 0.3) is 0 Å². The van der Waals surface area contributed by atoms with E-state index >= 15 is 0 Å². The molecule has 6 heteroatoms. The highest BCUT2D eigenvalue weighted by atomic mass is 79.9. The van der Waals surface area contributed by atoms with Gasteiger partial charge in [-0.05, 0) is 18.6 Å². The molecular formula is C16H20BrN3O2. The van der Waals surface area contributed by atoms with Crippen molar-refractivity contribution in [2.45, 2.75) is 19.4 Å². The number of fused-ring (bicyclic) bond motifs is 1. The number of carbonyl (C=O) groups is 1. The summed E-state index contributed by atoms with van der Waals surface area (Å²) in [7, 11) is 1.51. The number of halogens is 1. The van der Waals surface area contributed by atoms with Gasteiger partial charge in [0.1, 0.15) is 12.4 Å². The van der Waals surface area contributed by atoms with Gasteiger partial charge in [-0.15, -0.1) is 0 Å². The molecule has 0 unspecified atom stereocenters. The number of hydrogen-bond acceptors (Lipinski definition) is 3. The van der Waals surface area contributed by atoms with Gasteiger partial charge in [-0.2, -0.15) is 0 Å². The van der Waals surface area contributed by atoms with Crippen LogP contribution in [0, 0.1) is 0 Å². The third kappa shape index (κ3) is 4.42. The molecule has 0 atom stereocenters. The number of carbonyl (C=O) groups excluding carboxylic acids is 1. The predicted molar refractivity (Wildman–Crippen MR) is 91.0 cm³/mol. The second-order valence-electron chi connectivity index (χ2n) is 5.01. The average Bonchev–Trinajstić information content (AvgIpc) is 2.81. The lowest BCUT2D eigenvalue weighted by atomic mass is 10.3. The number of hydrogen-bond donors (Lipinski definition) is 1. The molecule has 1 aromatic heterocycles. The van der Waals surface area contributed by atoms with Crippen LogP contribution in [0.5, 0.6) is 0 Å². The zero-order valence-corrected chi connectivity index (χ0v) is 14.2. The molecule has 2 aromatic rings. The molecule has 22 heavy (non-hydrogen) atoms. The largest absolute Gasteiger partial charge is 0.375 e. The molecule has 0 saturated heterocycles. The first-order valence-electron chi connectivity index (χ1n) is 7.15. The fourth-order valence-electron chi connectivity index (χ4n) is 2.32. The summed E-state index contributed by atoms with van der Waals surface area (Å²) in [5.74, 6) is 0.910. The number of aromatic nitrogens is 2. The summed E-state index contributed by atoms with van der Waals surface area (Å²) in [6.07, 6.45) is 1.62. The molecule has 0 fully saturated rings. The Hall–Kier alpha value is -1.66. The number of aryl methyl sites for hydroxylation is 1. The molecular weight excluding hydrogens is 346 g/mol. The number of rotatable bonds is 8. The Labute approximate surface area is 138 Å². The molecule has 5 nitrogen and oxygen atoms in total. The van der Waals surface area contributed by atoms with Gasteiger partial charge in [0.15, 0.2) is 0 Å². The smallest absolute Gasteiger partial charge is 0.245 e. The lowest BCUT2D eigenvalue weighted by molar-refractivity contribution is -0.124. The Morgan fingerprint density at radius 1 is 1.45 bits per heavy atom. The van der Waals surface area contributed by atoms with E-state index in [-0.39, 0.29) is 12.5 Å². The highest BCUT2D eigenvalue weighted by Gasteiger charge is 2.10. The molecule has 1 aromatic carbocycles. The molecule has 1 N–H and O–H groups in total. The Kier molecular flexibility index (Phi) is 6.15. The SMILES string of the molecule is C=C(Br)Cn1c(CCCNC(=O)COC)nc2ccccc21. The summed E-state index contributed by atoms with van der Waals surface area (Å²) >= 11 is 3.42. The third-order valence-electron chi connectivity index (χ3n) is 3.24. The molecule has 0 aliphatic carbocycles. The number of para-hydroxylation sites is 2. The molecule has 1 amide bonds. The number of allylic oxidation sites excluding steroid dienone is 1. The zero-order chi connectivity index (χ0) is 15.9. The predicted octanol–water partition coefficient (Wildman–Crippen LogP) is 2.64. The number of ether oxygens (including phenoxy) is 1. The summed E-state index contributed by atoms with van der Waals surface area (Å²) in [5.41, 5.74) is 2.08.